The fraction of sp³-hybridized carbons (Fsp3) is 0.300. The molecule has 0 aliphatic carbocycles. The summed E-state index contributed by atoms with van der Waals surface area (Å²) in [5, 5.41) is 19.1. The average molecular weight is 300 g/mol. The number of rotatable bonds is 5. The van der Waals surface area contributed by atoms with Gasteiger partial charge in [-0.3, -0.25) is 10.1 Å². The van der Waals surface area contributed by atoms with Gasteiger partial charge in [0.15, 0.2) is 0 Å². The van der Waals surface area contributed by atoms with Gasteiger partial charge in [0.05, 0.1) is 29.7 Å². The molecule has 1 aromatic carbocycles. The van der Waals surface area contributed by atoms with Crippen molar-refractivity contribution in [3.05, 3.63) is 32.8 Å². The normalized spacial score (nSPS) is 11.6. The van der Waals surface area contributed by atoms with Crippen LogP contribution in [-0.4, -0.2) is 17.6 Å². The van der Waals surface area contributed by atoms with Crippen molar-refractivity contribution in [3.63, 3.8) is 0 Å². The Bertz CT molecular complexity index is 459. The molecule has 1 aromatic rings. The van der Waals surface area contributed by atoms with E-state index in [2.05, 4.69) is 15.9 Å². The van der Waals surface area contributed by atoms with Gasteiger partial charge in [-0.25, -0.2) is 0 Å². The number of halogens is 1. The number of hydrogen-bond donors (Lipinski definition) is 1. The number of nitrogens with zero attached hydrogens (tertiary/aromatic N) is 2. The van der Waals surface area contributed by atoms with Crippen molar-refractivity contribution in [2.24, 2.45) is 5.73 Å². The van der Waals surface area contributed by atoms with Crippen molar-refractivity contribution in [2.75, 3.05) is 6.61 Å². The van der Waals surface area contributed by atoms with Crippen molar-refractivity contribution in [3.8, 4) is 11.8 Å². The molecule has 1 unspecified atom stereocenters. The molecule has 0 amide bonds. The Hall–Kier alpha value is -1.65. The van der Waals surface area contributed by atoms with Crippen LogP contribution in [0.15, 0.2) is 22.7 Å². The minimum absolute atomic E-state index is 0.0565. The smallest absolute Gasteiger partial charge is 0.274 e. The number of hydrogen-bond acceptors (Lipinski definition) is 5. The second kappa shape index (κ2) is 6.18. The Balaban J connectivity index is 2.66. The van der Waals surface area contributed by atoms with Crippen molar-refractivity contribution >= 4 is 21.6 Å². The summed E-state index contributed by atoms with van der Waals surface area (Å²) in [7, 11) is 0. The number of nitrogens with two attached hydrogens (primary N) is 1. The third-order valence-electron chi connectivity index (χ3n) is 1.93. The standard InChI is InChI=1S/C10H10BrN3O3/c11-7-3-9(14(15)16)5-10(4-7)17-2-1-8(13)6-12/h3-5,8H,1-2,13H2. The van der Waals surface area contributed by atoms with E-state index in [-0.39, 0.29) is 12.3 Å². The Labute approximate surface area is 106 Å². The quantitative estimate of drug-likeness (QED) is 0.661. The van der Waals surface area contributed by atoms with E-state index in [1.807, 2.05) is 6.07 Å². The first kappa shape index (κ1) is 13.4. The number of non-ortho nitro benzene ring substituents is 1. The molecule has 0 saturated heterocycles. The van der Waals surface area contributed by atoms with E-state index in [4.69, 9.17) is 15.7 Å². The molecule has 0 aliphatic heterocycles. The molecule has 0 heterocycles. The molecule has 90 valence electrons. The van der Waals surface area contributed by atoms with Gasteiger partial charge >= 0.3 is 0 Å². The molecule has 0 radical (unpaired) electrons. The van der Waals surface area contributed by atoms with Crippen molar-refractivity contribution < 1.29 is 9.66 Å². The average Bonchev–Trinajstić information content (AvgIpc) is 2.28. The van der Waals surface area contributed by atoms with E-state index in [0.717, 1.165) is 0 Å². The second-order valence-corrected chi connectivity index (χ2v) is 4.19. The lowest BCUT2D eigenvalue weighted by atomic mass is 10.2. The first-order valence-corrected chi connectivity index (χ1v) is 5.55. The van der Waals surface area contributed by atoms with E-state index in [0.29, 0.717) is 16.6 Å². The summed E-state index contributed by atoms with van der Waals surface area (Å²) >= 11 is 3.15. The van der Waals surface area contributed by atoms with Gasteiger partial charge in [-0.05, 0) is 6.07 Å². The topological polar surface area (TPSA) is 102 Å². The van der Waals surface area contributed by atoms with Gasteiger partial charge in [-0.15, -0.1) is 0 Å². The summed E-state index contributed by atoms with van der Waals surface area (Å²) in [6.45, 7) is 0.238. The molecular formula is C10H10BrN3O3. The molecule has 0 spiro atoms. The van der Waals surface area contributed by atoms with Crippen LogP contribution in [0, 0.1) is 21.4 Å². The summed E-state index contributed by atoms with van der Waals surface area (Å²) in [6.07, 6.45) is 0.372. The summed E-state index contributed by atoms with van der Waals surface area (Å²) in [5.74, 6) is 0.371. The maximum Gasteiger partial charge on any atom is 0.274 e. The molecule has 1 atom stereocenters. The van der Waals surface area contributed by atoms with Gasteiger partial charge in [-0.2, -0.15) is 5.26 Å². The van der Waals surface area contributed by atoms with E-state index in [9.17, 15) is 10.1 Å². The highest BCUT2D eigenvalue weighted by Crippen LogP contribution is 2.26. The molecule has 7 heteroatoms. The highest BCUT2D eigenvalue weighted by atomic mass is 79.9. The van der Waals surface area contributed by atoms with E-state index < -0.39 is 11.0 Å². The van der Waals surface area contributed by atoms with Crippen LogP contribution in [0.4, 0.5) is 5.69 Å². The number of nitro groups is 1. The first-order valence-electron chi connectivity index (χ1n) is 4.76. The molecule has 2 N–H and O–H groups in total. The lowest BCUT2D eigenvalue weighted by molar-refractivity contribution is -0.385. The summed E-state index contributed by atoms with van der Waals surface area (Å²) < 4.78 is 5.85. The van der Waals surface area contributed by atoms with Crippen LogP contribution >= 0.6 is 15.9 Å². The van der Waals surface area contributed by atoms with Gasteiger partial charge in [-0.1, -0.05) is 15.9 Å². The zero-order valence-corrected chi connectivity index (χ0v) is 10.4. The molecule has 17 heavy (non-hydrogen) atoms. The molecule has 1 rings (SSSR count). The largest absolute Gasteiger partial charge is 0.493 e. The van der Waals surface area contributed by atoms with Crippen LogP contribution in [0.5, 0.6) is 5.75 Å². The summed E-state index contributed by atoms with van der Waals surface area (Å²) in [5.41, 5.74) is 5.33. The molecule has 0 aliphatic rings. The third kappa shape index (κ3) is 4.38. The van der Waals surface area contributed by atoms with Crippen molar-refractivity contribution in [1.29, 1.82) is 5.26 Å². The number of nitriles is 1. The maximum absolute atomic E-state index is 10.6. The van der Waals surface area contributed by atoms with E-state index in [1.165, 1.54) is 12.1 Å². The summed E-state index contributed by atoms with van der Waals surface area (Å²) in [6, 6.07) is 5.61. The lowest BCUT2D eigenvalue weighted by Gasteiger charge is -2.07. The van der Waals surface area contributed by atoms with Gasteiger partial charge in [0.2, 0.25) is 0 Å². The molecule has 0 saturated carbocycles. The Morgan fingerprint density at radius 3 is 2.88 bits per heavy atom. The van der Waals surface area contributed by atoms with Crippen molar-refractivity contribution in [2.45, 2.75) is 12.5 Å². The minimum atomic E-state index is -0.586. The monoisotopic (exact) mass is 299 g/mol. The minimum Gasteiger partial charge on any atom is -0.493 e. The number of ether oxygens (including phenoxy) is 1. The van der Waals surface area contributed by atoms with E-state index >= 15 is 0 Å². The van der Waals surface area contributed by atoms with Crippen molar-refractivity contribution in [1.82, 2.24) is 0 Å². The fourth-order valence-corrected chi connectivity index (χ4v) is 1.57. The predicted molar refractivity (Wildman–Crippen MR) is 64.5 cm³/mol. The highest BCUT2D eigenvalue weighted by Gasteiger charge is 2.09. The van der Waals surface area contributed by atoms with Crippen LogP contribution in [-0.2, 0) is 0 Å². The van der Waals surface area contributed by atoms with Gasteiger partial charge in [0.1, 0.15) is 5.75 Å². The predicted octanol–water partition coefficient (Wildman–Crippen LogP) is 1.98. The molecule has 0 aromatic heterocycles. The molecular weight excluding hydrogens is 290 g/mol. The third-order valence-corrected chi connectivity index (χ3v) is 2.39. The van der Waals surface area contributed by atoms with Crippen LogP contribution < -0.4 is 10.5 Å². The Morgan fingerprint density at radius 1 is 1.59 bits per heavy atom. The lowest BCUT2D eigenvalue weighted by Crippen LogP contribution is -2.20. The Kier molecular flexibility index (Phi) is 4.87. The second-order valence-electron chi connectivity index (χ2n) is 3.27. The Morgan fingerprint density at radius 2 is 2.29 bits per heavy atom. The number of nitro benzene ring substituents is 1. The first-order chi connectivity index (χ1) is 8.02. The van der Waals surface area contributed by atoms with E-state index in [1.54, 1.807) is 6.07 Å². The summed E-state index contributed by atoms with van der Waals surface area (Å²) in [4.78, 5) is 10.1. The van der Waals surface area contributed by atoms with Crippen LogP contribution in [0.3, 0.4) is 0 Å². The zero-order chi connectivity index (χ0) is 12.8. The van der Waals surface area contributed by atoms with Crippen LogP contribution in [0.1, 0.15) is 6.42 Å². The number of benzene rings is 1. The van der Waals surface area contributed by atoms with Crippen LogP contribution in [0.25, 0.3) is 0 Å². The van der Waals surface area contributed by atoms with Gasteiger partial charge in [0, 0.05) is 17.0 Å². The van der Waals surface area contributed by atoms with Gasteiger partial charge in [0.25, 0.3) is 5.69 Å². The van der Waals surface area contributed by atoms with Crippen LogP contribution in [0.2, 0.25) is 0 Å². The van der Waals surface area contributed by atoms with Gasteiger partial charge < -0.3 is 10.5 Å². The molecule has 0 bridgehead atoms. The fourth-order valence-electron chi connectivity index (χ4n) is 1.10. The molecule has 6 nitrogen and oxygen atoms in total. The highest BCUT2D eigenvalue weighted by molar-refractivity contribution is 9.10. The SMILES string of the molecule is N#CC(N)CCOc1cc(Br)cc([N+](=O)[O-])c1. The molecule has 0 fully saturated rings. The zero-order valence-electron chi connectivity index (χ0n) is 8.80. The maximum atomic E-state index is 10.6.